The molecule has 2 saturated heterocycles. The molecule has 0 aromatic heterocycles. The largest absolute Gasteiger partial charge is 0.487 e. The molecule has 0 unspecified atom stereocenters. The van der Waals surface area contributed by atoms with E-state index in [1.165, 1.54) is 12.6 Å². The van der Waals surface area contributed by atoms with Crippen LogP contribution >= 0.6 is 11.6 Å². The molecule has 0 saturated carbocycles. The molecule has 0 bridgehead atoms. The maximum Gasteiger partial charge on any atom is 0.247 e. The van der Waals surface area contributed by atoms with Crippen LogP contribution in [-0.2, 0) is 9.59 Å². The Morgan fingerprint density at radius 1 is 1.18 bits per heavy atom. The molecule has 0 spiro atoms. The summed E-state index contributed by atoms with van der Waals surface area (Å²) in [4.78, 5) is 28.6. The Bertz CT molecular complexity index is 956. The van der Waals surface area contributed by atoms with E-state index in [0.29, 0.717) is 29.4 Å². The number of carbonyl (C=O) groups excluding carboxylic acids is 2. The van der Waals surface area contributed by atoms with Crippen LogP contribution in [0.4, 0.5) is 5.69 Å². The molecule has 1 aromatic rings. The predicted molar refractivity (Wildman–Crippen MR) is 133 cm³/mol. The number of amides is 2. The number of anilines is 1. The van der Waals surface area contributed by atoms with Crippen molar-refractivity contribution >= 4 is 29.1 Å². The van der Waals surface area contributed by atoms with Crippen LogP contribution < -0.4 is 10.1 Å². The summed E-state index contributed by atoms with van der Waals surface area (Å²) < 4.78 is 6.17. The number of ether oxygens (including phenoxy) is 1. The molecular weight excluding hydrogens is 438 g/mol. The molecule has 2 atom stereocenters. The number of hydrogen-bond acceptors (Lipinski definition) is 4. The van der Waals surface area contributed by atoms with Gasteiger partial charge in [-0.3, -0.25) is 9.59 Å². The first-order chi connectivity index (χ1) is 15.8. The molecule has 3 rings (SSSR count). The van der Waals surface area contributed by atoms with Crippen LogP contribution in [0, 0.1) is 0 Å². The number of piperidine rings is 1. The number of benzene rings is 1. The molecule has 178 valence electrons. The topological polar surface area (TPSA) is 61.9 Å². The van der Waals surface area contributed by atoms with Crippen molar-refractivity contribution in [2.45, 2.75) is 58.6 Å². The molecule has 0 aliphatic carbocycles. The summed E-state index contributed by atoms with van der Waals surface area (Å²) in [5.41, 5.74) is 2.96. The maximum absolute atomic E-state index is 12.8. The lowest BCUT2D eigenvalue weighted by Gasteiger charge is -2.33. The second-order valence-electron chi connectivity index (χ2n) is 8.77. The summed E-state index contributed by atoms with van der Waals surface area (Å²) >= 11 is 6.48. The minimum absolute atomic E-state index is 0.0429. The number of halogens is 1. The Balaban J connectivity index is 1.59. The van der Waals surface area contributed by atoms with Gasteiger partial charge in [-0.25, -0.2) is 0 Å². The molecular formula is C26H34ClN3O3. The van der Waals surface area contributed by atoms with Gasteiger partial charge in [0.1, 0.15) is 17.9 Å². The van der Waals surface area contributed by atoms with Crippen LogP contribution in [0.2, 0.25) is 5.02 Å². The third-order valence-corrected chi connectivity index (χ3v) is 6.46. The highest BCUT2D eigenvalue weighted by Gasteiger charge is 2.30. The standard InChI is InChI=1S/C26H34ClN3O3/c1-5-8-18(2)15-19(3)29-14-12-22(17-29)33-25-11-10-21(16-23(25)27)28-26(32)24-9-6-7-13-30(24)20(4)31/h5,8,10-11,15-16,22,24H,1,6-7,9,12-14,17H2,2-4H3,(H,28,32)/b18-8-,19-15+/t22-,24+/m0/s1. The lowest BCUT2D eigenvalue weighted by molar-refractivity contribution is -0.138. The van der Waals surface area contributed by atoms with Crippen molar-refractivity contribution in [3.63, 3.8) is 0 Å². The third-order valence-electron chi connectivity index (χ3n) is 6.16. The number of hydrogen-bond donors (Lipinski definition) is 1. The zero-order valence-corrected chi connectivity index (χ0v) is 20.5. The van der Waals surface area contributed by atoms with Gasteiger partial charge >= 0.3 is 0 Å². The Hall–Kier alpha value is -2.73. The lowest BCUT2D eigenvalue weighted by atomic mass is 10.0. The molecule has 1 aromatic carbocycles. The number of nitrogens with zero attached hydrogens (tertiary/aromatic N) is 2. The number of carbonyl (C=O) groups is 2. The van der Waals surface area contributed by atoms with Crippen molar-refractivity contribution in [1.29, 1.82) is 0 Å². The van der Waals surface area contributed by atoms with Gasteiger partial charge in [-0.2, -0.15) is 0 Å². The molecule has 0 radical (unpaired) electrons. The first kappa shape index (κ1) is 24.9. The highest BCUT2D eigenvalue weighted by molar-refractivity contribution is 6.32. The Kier molecular flexibility index (Phi) is 8.61. The van der Waals surface area contributed by atoms with E-state index in [1.807, 2.05) is 6.08 Å². The van der Waals surface area contributed by atoms with Crippen LogP contribution in [0.1, 0.15) is 46.5 Å². The van der Waals surface area contributed by atoms with Crippen LogP contribution in [0.3, 0.4) is 0 Å². The van der Waals surface area contributed by atoms with E-state index < -0.39 is 6.04 Å². The average molecular weight is 472 g/mol. The molecule has 2 aliphatic heterocycles. The van der Waals surface area contributed by atoms with Crippen molar-refractivity contribution in [3.05, 3.63) is 59.3 Å². The van der Waals surface area contributed by atoms with E-state index in [2.05, 4.69) is 36.7 Å². The van der Waals surface area contributed by atoms with E-state index in [-0.39, 0.29) is 17.9 Å². The first-order valence-corrected chi connectivity index (χ1v) is 11.9. The van der Waals surface area contributed by atoms with Gasteiger partial charge in [0, 0.05) is 37.8 Å². The van der Waals surface area contributed by atoms with Crippen molar-refractivity contribution in [2.75, 3.05) is 25.0 Å². The van der Waals surface area contributed by atoms with E-state index in [9.17, 15) is 9.59 Å². The molecule has 33 heavy (non-hydrogen) atoms. The number of rotatable bonds is 7. The van der Waals surface area contributed by atoms with Crippen molar-refractivity contribution in [1.82, 2.24) is 9.80 Å². The smallest absolute Gasteiger partial charge is 0.247 e. The van der Waals surface area contributed by atoms with Gasteiger partial charge in [-0.05, 0) is 63.0 Å². The van der Waals surface area contributed by atoms with Gasteiger partial charge in [-0.1, -0.05) is 30.3 Å². The zero-order valence-electron chi connectivity index (χ0n) is 19.8. The van der Waals surface area contributed by atoms with Crippen molar-refractivity contribution in [3.8, 4) is 5.75 Å². The minimum Gasteiger partial charge on any atom is -0.487 e. The molecule has 7 heteroatoms. The van der Waals surface area contributed by atoms with E-state index in [1.54, 1.807) is 29.2 Å². The van der Waals surface area contributed by atoms with Crippen LogP contribution in [0.25, 0.3) is 0 Å². The monoisotopic (exact) mass is 471 g/mol. The fraction of sp³-hybridized carbons (Fsp3) is 0.462. The second-order valence-corrected chi connectivity index (χ2v) is 9.17. The fourth-order valence-corrected chi connectivity index (χ4v) is 4.68. The third kappa shape index (κ3) is 6.64. The van der Waals surface area contributed by atoms with E-state index >= 15 is 0 Å². The fourth-order valence-electron chi connectivity index (χ4n) is 4.46. The van der Waals surface area contributed by atoms with Gasteiger partial charge in [0.2, 0.25) is 11.8 Å². The lowest BCUT2D eigenvalue weighted by Crippen LogP contribution is -2.49. The Labute approximate surface area is 201 Å². The zero-order chi connectivity index (χ0) is 24.0. The molecule has 2 amide bonds. The van der Waals surface area contributed by atoms with E-state index in [4.69, 9.17) is 16.3 Å². The minimum atomic E-state index is -0.434. The summed E-state index contributed by atoms with van der Waals surface area (Å²) in [5.74, 6) is 0.359. The van der Waals surface area contributed by atoms with E-state index in [0.717, 1.165) is 37.9 Å². The first-order valence-electron chi connectivity index (χ1n) is 11.6. The van der Waals surface area contributed by atoms with Gasteiger partial charge < -0.3 is 19.9 Å². The number of likely N-dealkylation sites (tertiary alicyclic amines) is 2. The normalized spacial score (nSPS) is 21.7. The second kappa shape index (κ2) is 11.4. The molecule has 2 heterocycles. The highest BCUT2D eigenvalue weighted by Crippen LogP contribution is 2.31. The summed E-state index contributed by atoms with van der Waals surface area (Å²) in [7, 11) is 0. The number of allylic oxidation sites excluding steroid dienone is 5. The van der Waals surface area contributed by atoms with Gasteiger partial charge in [0.05, 0.1) is 11.6 Å². The van der Waals surface area contributed by atoms with Crippen molar-refractivity contribution < 1.29 is 14.3 Å². The summed E-state index contributed by atoms with van der Waals surface area (Å²) in [6.45, 7) is 11.7. The van der Waals surface area contributed by atoms with Crippen molar-refractivity contribution in [2.24, 2.45) is 0 Å². The highest BCUT2D eigenvalue weighted by atomic mass is 35.5. The Morgan fingerprint density at radius 3 is 2.67 bits per heavy atom. The Morgan fingerprint density at radius 2 is 1.97 bits per heavy atom. The van der Waals surface area contributed by atoms with Gasteiger partial charge in [-0.15, -0.1) is 0 Å². The summed E-state index contributed by atoms with van der Waals surface area (Å²) in [6.07, 6.45) is 9.42. The van der Waals surface area contributed by atoms with Crippen LogP contribution in [0.15, 0.2) is 54.3 Å². The molecule has 1 N–H and O–H groups in total. The van der Waals surface area contributed by atoms with Gasteiger partial charge in [0.25, 0.3) is 0 Å². The maximum atomic E-state index is 12.8. The summed E-state index contributed by atoms with van der Waals surface area (Å²) in [5, 5.41) is 3.36. The van der Waals surface area contributed by atoms with Gasteiger partial charge in [0.15, 0.2) is 0 Å². The quantitative estimate of drug-likeness (QED) is 0.557. The molecule has 2 fully saturated rings. The molecule has 6 nitrogen and oxygen atoms in total. The SMILES string of the molecule is C=C/C=C(C)\C=C(/C)N1CC[C@H](Oc2ccc(NC(=O)[C@H]3CCCCN3C(C)=O)cc2Cl)C1. The van der Waals surface area contributed by atoms with Crippen LogP contribution in [0.5, 0.6) is 5.75 Å². The predicted octanol–water partition coefficient (Wildman–Crippen LogP) is 5.17. The number of nitrogens with one attached hydrogen (secondary N) is 1. The average Bonchev–Trinajstić information content (AvgIpc) is 3.24. The summed E-state index contributed by atoms with van der Waals surface area (Å²) in [6, 6.07) is 4.86. The van der Waals surface area contributed by atoms with Crippen LogP contribution in [-0.4, -0.2) is 53.4 Å². The molecule has 2 aliphatic rings.